The van der Waals surface area contributed by atoms with Gasteiger partial charge >= 0.3 is 0 Å². The van der Waals surface area contributed by atoms with Crippen LogP contribution in [-0.4, -0.2) is 0 Å². The SMILES string of the molecule is c1ccc(-c2ccc(-c3ccccc3N(c3ccc4c(c3)oc3ccccc34)c3ccccc3-c3cccc4cccc(-c5ccccc5)c34)cc2)cc1. The van der Waals surface area contributed by atoms with Gasteiger partial charge < -0.3 is 9.32 Å². The van der Waals surface area contributed by atoms with E-state index in [4.69, 9.17) is 4.42 Å². The summed E-state index contributed by atoms with van der Waals surface area (Å²) in [6, 6.07) is 75.9. The summed E-state index contributed by atoms with van der Waals surface area (Å²) in [5, 5.41) is 4.66. The van der Waals surface area contributed by atoms with Gasteiger partial charge in [-0.1, -0.05) is 176 Å². The minimum absolute atomic E-state index is 0.859. The van der Waals surface area contributed by atoms with Gasteiger partial charge in [0.05, 0.1) is 11.4 Å². The Bertz CT molecular complexity index is 2920. The number of para-hydroxylation sites is 3. The molecule has 10 rings (SSSR count). The fraction of sp³-hybridized carbons (Fsp3) is 0. The molecule has 54 heavy (non-hydrogen) atoms. The summed E-state index contributed by atoms with van der Waals surface area (Å²) in [6.45, 7) is 0. The standard InChI is InChI=1S/C52H35NO/c1-3-15-36(16-4-1)37-29-31-39(32-30-37)42-21-7-10-26-48(42)53(41-33-34-46-45-23-9-12-28-50(45)54-51(46)35-41)49-27-11-8-22-44(49)47-25-14-20-40-19-13-24-43(52(40)47)38-17-5-2-6-18-38/h1-35H. The van der Waals surface area contributed by atoms with Gasteiger partial charge in [-0.05, 0) is 74.5 Å². The van der Waals surface area contributed by atoms with Crippen LogP contribution in [0.25, 0.3) is 77.2 Å². The van der Waals surface area contributed by atoms with Crippen LogP contribution in [0.5, 0.6) is 0 Å². The monoisotopic (exact) mass is 689 g/mol. The van der Waals surface area contributed by atoms with Crippen molar-refractivity contribution in [3.63, 3.8) is 0 Å². The first-order chi connectivity index (χ1) is 26.8. The average Bonchev–Trinajstić information content (AvgIpc) is 3.62. The zero-order valence-electron chi connectivity index (χ0n) is 29.6. The number of hydrogen-bond donors (Lipinski definition) is 0. The molecular weight excluding hydrogens is 655 g/mol. The molecule has 0 radical (unpaired) electrons. The van der Waals surface area contributed by atoms with E-state index in [1.165, 1.54) is 38.6 Å². The molecule has 2 heteroatoms. The third-order valence-corrected chi connectivity index (χ3v) is 10.5. The Hall–Kier alpha value is -7.16. The number of anilines is 3. The lowest BCUT2D eigenvalue weighted by Gasteiger charge is -2.30. The largest absolute Gasteiger partial charge is 0.456 e. The maximum Gasteiger partial charge on any atom is 0.137 e. The Balaban J connectivity index is 1.21. The molecule has 0 atom stereocenters. The molecule has 0 fully saturated rings. The van der Waals surface area contributed by atoms with Crippen LogP contribution in [0.2, 0.25) is 0 Å². The number of hydrogen-bond acceptors (Lipinski definition) is 2. The molecule has 0 aliphatic heterocycles. The zero-order valence-corrected chi connectivity index (χ0v) is 29.6. The summed E-state index contributed by atoms with van der Waals surface area (Å²) < 4.78 is 6.50. The quantitative estimate of drug-likeness (QED) is 0.166. The molecule has 1 heterocycles. The summed E-state index contributed by atoms with van der Waals surface area (Å²) >= 11 is 0. The van der Waals surface area contributed by atoms with Gasteiger partial charge in [0.25, 0.3) is 0 Å². The molecule has 0 unspecified atom stereocenters. The van der Waals surface area contributed by atoms with Crippen molar-refractivity contribution in [2.75, 3.05) is 4.90 Å². The van der Waals surface area contributed by atoms with Crippen molar-refractivity contribution in [3.05, 3.63) is 212 Å². The highest BCUT2D eigenvalue weighted by molar-refractivity contribution is 6.10. The Morgan fingerprint density at radius 1 is 0.315 bits per heavy atom. The first-order valence-electron chi connectivity index (χ1n) is 18.4. The van der Waals surface area contributed by atoms with Gasteiger partial charge in [-0.25, -0.2) is 0 Å². The van der Waals surface area contributed by atoms with E-state index in [2.05, 4.69) is 205 Å². The summed E-state index contributed by atoms with van der Waals surface area (Å²) in [5.41, 5.74) is 14.4. The second-order valence-corrected chi connectivity index (χ2v) is 13.7. The van der Waals surface area contributed by atoms with Crippen molar-refractivity contribution in [2.45, 2.75) is 0 Å². The number of rotatable bonds is 7. The topological polar surface area (TPSA) is 16.4 Å². The normalized spacial score (nSPS) is 11.3. The molecular formula is C52H35NO. The van der Waals surface area contributed by atoms with Crippen molar-refractivity contribution < 1.29 is 4.42 Å². The maximum atomic E-state index is 6.50. The predicted molar refractivity (Wildman–Crippen MR) is 228 cm³/mol. The van der Waals surface area contributed by atoms with E-state index in [-0.39, 0.29) is 0 Å². The number of benzene rings is 9. The van der Waals surface area contributed by atoms with Crippen LogP contribution in [-0.2, 0) is 0 Å². The second kappa shape index (κ2) is 13.4. The van der Waals surface area contributed by atoms with E-state index >= 15 is 0 Å². The highest BCUT2D eigenvalue weighted by Gasteiger charge is 2.23. The molecule has 2 nitrogen and oxygen atoms in total. The van der Waals surface area contributed by atoms with Crippen LogP contribution in [0.1, 0.15) is 0 Å². The van der Waals surface area contributed by atoms with Gasteiger partial charge in [0.2, 0.25) is 0 Å². The fourth-order valence-corrected chi connectivity index (χ4v) is 7.97. The van der Waals surface area contributed by atoms with Gasteiger partial charge in [-0.2, -0.15) is 0 Å². The van der Waals surface area contributed by atoms with Gasteiger partial charge in [0.1, 0.15) is 11.2 Å². The highest BCUT2D eigenvalue weighted by atomic mass is 16.3. The van der Waals surface area contributed by atoms with E-state index in [0.29, 0.717) is 0 Å². The maximum absolute atomic E-state index is 6.50. The van der Waals surface area contributed by atoms with Gasteiger partial charge in [0, 0.05) is 33.7 Å². The lowest BCUT2D eigenvalue weighted by atomic mass is 9.90. The first-order valence-corrected chi connectivity index (χ1v) is 18.4. The molecule has 9 aromatic carbocycles. The van der Waals surface area contributed by atoms with Crippen LogP contribution >= 0.6 is 0 Å². The Kier molecular flexibility index (Phi) is 7.85. The highest BCUT2D eigenvalue weighted by Crippen LogP contribution is 2.48. The summed E-state index contributed by atoms with van der Waals surface area (Å²) in [5.74, 6) is 0. The molecule has 0 spiro atoms. The molecule has 0 aliphatic rings. The second-order valence-electron chi connectivity index (χ2n) is 13.7. The van der Waals surface area contributed by atoms with E-state index in [9.17, 15) is 0 Å². The molecule has 0 saturated carbocycles. The predicted octanol–water partition coefficient (Wildman–Crippen LogP) is 14.9. The van der Waals surface area contributed by atoms with E-state index < -0.39 is 0 Å². The van der Waals surface area contributed by atoms with E-state index in [0.717, 1.165) is 55.7 Å². The molecule has 0 saturated heterocycles. The van der Waals surface area contributed by atoms with Crippen molar-refractivity contribution >= 4 is 49.8 Å². The Morgan fingerprint density at radius 3 is 1.59 bits per heavy atom. The molecule has 0 bridgehead atoms. The minimum Gasteiger partial charge on any atom is -0.456 e. The summed E-state index contributed by atoms with van der Waals surface area (Å²) in [4.78, 5) is 2.41. The summed E-state index contributed by atoms with van der Waals surface area (Å²) in [7, 11) is 0. The molecule has 0 amide bonds. The lowest BCUT2D eigenvalue weighted by Crippen LogP contribution is -2.12. The molecule has 254 valence electrons. The van der Waals surface area contributed by atoms with Crippen LogP contribution in [0.3, 0.4) is 0 Å². The smallest absolute Gasteiger partial charge is 0.137 e. The van der Waals surface area contributed by atoms with Gasteiger partial charge in [-0.3, -0.25) is 0 Å². The van der Waals surface area contributed by atoms with Crippen LogP contribution in [0.15, 0.2) is 217 Å². The molecule has 0 aliphatic carbocycles. The summed E-state index contributed by atoms with van der Waals surface area (Å²) in [6.07, 6.45) is 0. The molecule has 10 aromatic rings. The third-order valence-electron chi connectivity index (χ3n) is 10.5. The van der Waals surface area contributed by atoms with Crippen LogP contribution < -0.4 is 4.90 Å². The Labute approximate surface area is 314 Å². The molecule has 0 N–H and O–H groups in total. The lowest BCUT2D eigenvalue weighted by molar-refractivity contribution is 0.669. The van der Waals surface area contributed by atoms with Gasteiger partial charge in [0.15, 0.2) is 0 Å². The van der Waals surface area contributed by atoms with E-state index in [1.54, 1.807) is 0 Å². The number of nitrogens with zero attached hydrogens (tertiary/aromatic N) is 1. The Morgan fingerprint density at radius 2 is 0.833 bits per heavy atom. The van der Waals surface area contributed by atoms with Crippen molar-refractivity contribution in [3.8, 4) is 44.5 Å². The minimum atomic E-state index is 0.859. The third kappa shape index (κ3) is 5.53. The number of fused-ring (bicyclic) bond motifs is 4. The molecule has 1 aromatic heterocycles. The van der Waals surface area contributed by atoms with Crippen LogP contribution in [0.4, 0.5) is 17.1 Å². The first kappa shape index (κ1) is 31.6. The van der Waals surface area contributed by atoms with Crippen molar-refractivity contribution in [2.24, 2.45) is 0 Å². The van der Waals surface area contributed by atoms with Gasteiger partial charge in [-0.15, -0.1) is 0 Å². The van der Waals surface area contributed by atoms with E-state index in [1.807, 2.05) is 12.1 Å². The van der Waals surface area contributed by atoms with Crippen LogP contribution in [0, 0.1) is 0 Å². The zero-order chi connectivity index (χ0) is 35.8. The average molecular weight is 690 g/mol. The van der Waals surface area contributed by atoms with Crippen molar-refractivity contribution in [1.82, 2.24) is 0 Å². The number of furan rings is 1. The fourth-order valence-electron chi connectivity index (χ4n) is 7.97. The van der Waals surface area contributed by atoms with Crippen molar-refractivity contribution in [1.29, 1.82) is 0 Å².